The summed E-state index contributed by atoms with van der Waals surface area (Å²) in [4.78, 5) is 27.2. The van der Waals surface area contributed by atoms with E-state index in [2.05, 4.69) is 10.3 Å². The van der Waals surface area contributed by atoms with Gasteiger partial charge in [-0.1, -0.05) is 23.8 Å². The predicted molar refractivity (Wildman–Crippen MR) is 70.9 cm³/mol. The number of carbonyl (C=O) groups excluding carboxylic acids is 1. The van der Waals surface area contributed by atoms with Gasteiger partial charge in [-0.2, -0.15) is 0 Å². The lowest BCUT2D eigenvalue weighted by atomic mass is 9.82. The summed E-state index contributed by atoms with van der Waals surface area (Å²) < 4.78 is 0. The molecule has 1 aliphatic carbocycles. The molecule has 0 fully saturated rings. The van der Waals surface area contributed by atoms with Crippen LogP contribution in [0.2, 0.25) is 5.02 Å². The molecule has 19 heavy (non-hydrogen) atoms. The molecule has 2 atom stereocenters. The second-order valence-corrected chi connectivity index (χ2v) is 4.78. The molecule has 0 bridgehead atoms. The number of anilines is 1. The van der Waals surface area contributed by atoms with Gasteiger partial charge in [0.1, 0.15) is 5.82 Å². The number of hydrogen-bond acceptors (Lipinski definition) is 3. The second-order valence-electron chi connectivity index (χ2n) is 4.34. The van der Waals surface area contributed by atoms with E-state index in [1.165, 1.54) is 6.20 Å². The highest BCUT2D eigenvalue weighted by Crippen LogP contribution is 2.27. The van der Waals surface area contributed by atoms with Crippen molar-refractivity contribution in [1.29, 1.82) is 0 Å². The minimum atomic E-state index is -0.950. The SMILES string of the molecule is O=C(O)[C@H]1CC=CC[C@H]1C(=O)Nc1ccc(Cl)cn1. The lowest BCUT2D eigenvalue weighted by molar-refractivity contribution is -0.146. The minimum absolute atomic E-state index is 0.327. The molecule has 5 nitrogen and oxygen atoms in total. The molecule has 0 aliphatic heterocycles. The van der Waals surface area contributed by atoms with Gasteiger partial charge in [0.05, 0.1) is 16.9 Å². The highest BCUT2D eigenvalue weighted by Gasteiger charge is 2.34. The number of carbonyl (C=O) groups is 2. The summed E-state index contributed by atoms with van der Waals surface area (Å²) in [6.07, 6.45) is 5.85. The van der Waals surface area contributed by atoms with E-state index in [1.807, 2.05) is 6.08 Å². The Balaban J connectivity index is 2.08. The molecule has 1 amide bonds. The first-order chi connectivity index (χ1) is 9.08. The number of rotatable bonds is 3. The van der Waals surface area contributed by atoms with Crippen molar-refractivity contribution in [2.24, 2.45) is 11.8 Å². The number of pyridine rings is 1. The van der Waals surface area contributed by atoms with Gasteiger partial charge in [-0.3, -0.25) is 9.59 Å². The van der Waals surface area contributed by atoms with E-state index in [-0.39, 0.29) is 5.91 Å². The first kappa shape index (κ1) is 13.5. The fraction of sp³-hybridized carbons (Fsp3) is 0.308. The van der Waals surface area contributed by atoms with Crippen molar-refractivity contribution in [2.45, 2.75) is 12.8 Å². The summed E-state index contributed by atoms with van der Waals surface area (Å²) in [5.41, 5.74) is 0. The van der Waals surface area contributed by atoms with Crippen molar-refractivity contribution in [2.75, 3.05) is 5.32 Å². The smallest absolute Gasteiger partial charge is 0.307 e. The summed E-state index contributed by atoms with van der Waals surface area (Å²) in [6, 6.07) is 3.19. The van der Waals surface area contributed by atoms with Crippen molar-refractivity contribution >= 4 is 29.3 Å². The van der Waals surface area contributed by atoms with Gasteiger partial charge >= 0.3 is 5.97 Å². The molecule has 0 aromatic carbocycles. The Labute approximate surface area is 115 Å². The first-order valence-corrected chi connectivity index (χ1v) is 6.26. The van der Waals surface area contributed by atoms with Crippen LogP contribution in [0.3, 0.4) is 0 Å². The zero-order chi connectivity index (χ0) is 13.8. The van der Waals surface area contributed by atoms with Gasteiger partial charge in [0.25, 0.3) is 0 Å². The van der Waals surface area contributed by atoms with E-state index in [0.717, 1.165) is 0 Å². The lowest BCUT2D eigenvalue weighted by Crippen LogP contribution is -2.34. The van der Waals surface area contributed by atoms with Gasteiger partial charge < -0.3 is 10.4 Å². The van der Waals surface area contributed by atoms with Crippen LogP contribution in [0, 0.1) is 11.8 Å². The summed E-state index contributed by atoms with van der Waals surface area (Å²) in [5, 5.41) is 12.2. The molecule has 0 unspecified atom stereocenters. The quantitative estimate of drug-likeness (QED) is 0.833. The number of allylic oxidation sites excluding steroid dienone is 2. The summed E-state index contributed by atoms with van der Waals surface area (Å²) in [7, 11) is 0. The maximum absolute atomic E-state index is 12.1. The Morgan fingerprint density at radius 1 is 1.26 bits per heavy atom. The molecule has 6 heteroatoms. The van der Waals surface area contributed by atoms with Crippen LogP contribution in [-0.4, -0.2) is 22.0 Å². The molecule has 1 aromatic heterocycles. The molecule has 1 heterocycles. The van der Waals surface area contributed by atoms with Crippen molar-refractivity contribution in [1.82, 2.24) is 4.98 Å². The van der Waals surface area contributed by atoms with E-state index >= 15 is 0 Å². The second kappa shape index (κ2) is 5.84. The summed E-state index contributed by atoms with van der Waals surface area (Å²) >= 11 is 5.70. The average Bonchev–Trinajstić information content (AvgIpc) is 2.41. The van der Waals surface area contributed by atoms with Crippen molar-refractivity contribution < 1.29 is 14.7 Å². The van der Waals surface area contributed by atoms with Gasteiger partial charge in [0, 0.05) is 6.20 Å². The molecule has 0 radical (unpaired) electrons. The number of aliphatic carboxylic acids is 1. The monoisotopic (exact) mass is 280 g/mol. The molecule has 1 aliphatic rings. The van der Waals surface area contributed by atoms with E-state index in [9.17, 15) is 9.59 Å². The average molecular weight is 281 g/mol. The Hall–Kier alpha value is -1.88. The van der Waals surface area contributed by atoms with E-state index in [0.29, 0.717) is 23.7 Å². The van der Waals surface area contributed by atoms with Gasteiger partial charge in [-0.25, -0.2) is 4.98 Å². The Morgan fingerprint density at radius 2 is 1.95 bits per heavy atom. The number of carboxylic acids is 1. The van der Waals surface area contributed by atoms with Crippen LogP contribution in [0.25, 0.3) is 0 Å². The van der Waals surface area contributed by atoms with E-state index < -0.39 is 17.8 Å². The molecular weight excluding hydrogens is 268 g/mol. The number of nitrogens with one attached hydrogen (secondary N) is 1. The molecule has 2 N–H and O–H groups in total. The molecule has 0 saturated carbocycles. The van der Waals surface area contributed by atoms with Crippen LogP contribution < -0.4 is 5.32 Å². The molecule has 2 rings (SSSR count). The molecule has 1 aromatic rings. The first-order valence-electron chi connectivity index (χ1n) is 5.88. The zero-order valence-corrected chi connectivity index (χ0v) is 10.8. The number of hydrogen-bond donors (Lipinski definition) is 2. The van der Waals surface area contributed by atoms with Crippen LogP contribution in [0.15, 0.2) is 30.5 Å². The van der Waals surface area contributed by atoms with Gasteiger partial charge in [0.2, 0.25) is 5.91 Å². The largest absolute Gasteiger partial charge is 0.481 e. The highest BCUT2D eigenvalue weighted by atomic mass is 35.5. The number of nitrogens with zero attached hydrogens (tertiary/aromatic N) is 1. The molecule has 100 valence electrons. The topological polar surface area (TPSA) is 79.3 Å². The number of aromatic nitrogens is 1. The lowest BCUT2D eigenvalue weighted by Gasteiger charge is -2.23. The summed E-state index contributed by atoms with van der Waals surface area (Å²) in [6.45, 7) is 0. The number of carboxylic acid groups (broad SMARTS) is 1. The zero-order valence-electron chi connectivity index (χ0n) is 10.0. The molecule has 0 saturated heterocycles. The number of amides is 1. The third kappa shape index (κ3) is 3.32. The molecular formula is C13H13ClN2O3. The normalized spacial score (nSPS) is 21.9. The van der Waals surface area contributed by atoms with Gasteiger partial charge in [-0.05, 0) is 25.0 Å². The fourth-order valence-corrected chi connectivity index (χ4v) is 2.16. The maximum atomic E-state index is 12.1. The third-order valence-electron chi connectivity index (χ3n) is 3.07. The van der Waals surface area contributed by atoms with Gasteiger partial charge in [-0.15, -0.1) is 0 Å². The molecule has 0 spiro atoms. The van der Waals surface area contributed by atoms with Crippen LogP contribution in [-0.2, 0) is 9.59 Å². The van der Waals surface area contributed by atoms with Gasteiger partial charge in [0.15, 0.2) is 0 Å². The number of halogens is 1. The van der Waals surface area contributed by atoms with E-state index in [4.69, 9.17) is 16.7 Å². The van der Waals surface area contributed by atoms with Crippen LogP contribution in [0.1, 0.15) is 12.8 Å². The predicted octanol–water partition coefficient (Wildman–Crippen LogP) is 2.34. The minimum Gasteiger partial charge on any atom is -0.481 e. The fourth-order valence-electron chi connectivity index (χ4n) is 2.05. The van der Waals surface area contributed by atoms with Crippen molar-refractivity contribution in [3.8, 4) is 0 Å². The van der Waals surface area contributed by atoms with E-state index in [1.54, 1.807) is 18.2 Å². The van der Waals surface area contributed by atoms with Crippen molar-refractivity contribution in [3.05, 3.63) is 35.5 Å². The highest BCUT2D eigenvalue weighted by molar-refractivity contribution is 6.30. The van der Waals surface area contributed by atoms with Crippen LogP contribution >= 0.6 is 11.6 Å². The Morgan fingerprint density at radius 3 is 2.53 bits per heavy atom. The van der Waals surface area contributed by atoms with Crippen molar-refractivity contribution in [3.63, 3.8) is 0 Å². The Kier molecular flexibility index (Phi) is 4.16. The van der Waals surface area contributed by atoms with Crippen LogP contribution in [0.5, 0.6) is 0 Å². The standard InChI is InChI=1S/C13H13ClN2O3/c14-8-5-6-11(15-7-8)16-12(17)9-3-1-2-4-10(9)13(18)19/h1-2,5-7,9-10H,3-4H2,(H,18,19)(H,15,16,17)/t9-,10+/m1/s1. The maximum Gasteiger partial charge on any atom is 0.307 e. The van der Waals surface area contributed by atoms with Crippen LogP contribution in [0.4, 0.5) is 5.82 Å². The summed E-state index contributed by atoms with van der Waals surface area (Å²) in [5.74, 6) is -2.16. The Bertz CT molecular complexity index is 513. The third-order valence-corrected chi connectivity index (χ3v) is 3.29.